The molecular formula is C29H36Si2. The van der Waals surface area contributed by atoms with Gasteiger partial charge >= 0.3 is 0 Å². The summed E-state index contributed by atoms with van der Waals surface area (Å²) in [6.45, 7) is 21.3. The van der Waals surface area contributed by atoms with Gasteiger partial charge in [-0.2, -0.15) is 0 Å². The van der Waals surface area contributed by atoms with Crippen LogP contribution in [0.5, 0.6) is 0 Å². The molecule has 0 aliphatic rings. The molecule has 160 valence electrons. The summed E-state index contributed by atoms with van der Waals surface area (Å²) < 4.78 is 0. The zero-order chi connectivity index (χ0) is 23.0. The van der Waals surface area contributed by atoms with E-state index >= 15 is 0 Å². The summed E-state index contributed by atoms with van der Waals surface area (Å²) in [5.41, 5.74) is 13.5. The van der Waals surface area contributed by atoms with Crippen LogP contribution < -0.4 is 10.4 Å². The Morgan fingerprint density at radius 3 is 1.32 bits per heavy atom. The van der Waals surface area contributed by atoms with Crippen LogP contribution in [-0.2, 0) is 0 Å². The van der Waals surface area contributed by atoms with E-state index < -0.39 is 15.2 Å². The van der Waals surface area contributed by atoms with Gasteiger partial charge < -0.3 is 0 Å². The lowest BCUT2D eigenvalue weighted by atomic mass is 10.1. The largest absolute Gasteiger partial charge is 0.189 e. The van der Waals surface area contributed by atoms with Crippen molar-refractivity contribution in [2.75, 3.05) is 0 Å². The second kappa shape index (κ2) is 8.65. The number of benzene rings is 3. The van der Waals surface area contributed by atoms with Crippen molar-refractivity contribution in [2.45, 2.75) is 61.2 Å². The molecule has 0 saturated carbocycles. The lowest BCUT2D eigenvalue weighted by Crippen LogP contribution is -2.75. The van der Waals surface area contributed by atoms with Crippen LogP contribution >= 0.6 is 0 Å². The van der Waals surface area contributed by atoms with Gasteiger partial charge in [0.2, 0.25) is 0 Å². The van der Waals surface area contributed by atoms with Gasteiger partial charge in [0.05, 0.1) is 7.59 Å². The summed E-state index contributed by atoms with van der Waals surface area (Å²) in [4.78, 5) is 0. The lowest BCUT2D eigenvalue weighted by molar-refractivity contribution is 1.33. The maximum absolute atomic E-state index is 4.07. The van der Waals surface area contributed by atoms with Crippen molar-refractivity contribution < 1.29 is 0 Å². The lowest BCUT2D eigenvalue weighted by Gasteiger charge is -2.42. The average Bonchev–Trinajstić information content (AvgIpc) is 2.63. The molecule has 0 N–H and O–H groups in total. The molecule has 0 spiro atoms. The Kier molecular flexibility index (Phi) is 6.51. The molecule has 0 unspecified atom stereocenters. The first-order valence-electron chi connectivity index (χ1n) is 11.2. The molecule has 0 aliphatic carbocycles. The highest BCUT2D eigenvalue weighted by atomic mass is 29.3. The van der Waals surface area contributed by atoms with Crippen molar-refractivity contribution in [2.24, 2.45) is 0 Å². The smallest absolute Gasteiger partial charge is 0.118 e. The Balaban J connectivity index is 2.53. The van der Waals surface area contributed by atoms with E-state index in [0.29, 0.717) is 0 Å². The average molecular weight is 441 g/mol. The maximum atomic E-state index is 4.07. The summed E-state index contributed by atoms with van der Waals surface area (Å²) in [6.07, 6.45) is 0. The molecule has 0 aromatic heterocycles. The monoisotopic (exact) mass is 440 g/mol. The Labute approximate surface area is 191 Å². The first-order chi connectivity index (χ1) is 14.5. The second-order valence-electron chi connectivity index (χ2n) is 10.2. The fourth-order valence-electron chi connectivity index (χ4n) is 5.42. The van der Waals surface area contributed by atoms with Gasteiger partial charge in [-0.15, -0.1) is 5.54 Å². The fourth-order valence-corrected chi connectivity index (χ4v) is 19.0. The molecule has 0 saturated heterocycles. The molecule has 0 nitrogen and oxygen atoms in total. The highest BCUT2D eigenvalue weighted by Crippen LogP contribution is 2.26. The summed E-state index contributed by atoms with van der Waals surface area (Å²) in [7, 11) is -4.15. The van der Waals surface area contributed by atoms with E-state index in [9.17, 15) is 0 Å². The third-order valence-corrected chi connectivity index (χ3v) is 20.8. The second-order valence-corrected chi connectivity index (χ2v) is 24.2. The van der Waals surface area contributed by atoms with Crippen molar-refractivity contribution in [3.63, 3.8) is 0 Å². The van der Waals surface area contributed by atoms with Crippen LogP contribution in [0.25, 0.3) is 0 Å². The van der Waals surface area contributed by atoms with Crippen molar-refractivity contribution in [1.29, 1.82) is 0 Å². The summed E-state index contributed by atoms with van der Waals surface area (Å²) in [5.74, 6) is 3.67. The van der Waals surface area contributed by atoms with E-state index in [1.54, 1.807) is 10.4 Å². The van der Waals surface area contributed by atoms with E-state index in [0.717, 1.165) is 5.56 Å². The van der Waals surface area contributed by atoms with Crippen molar-refractivity contribution in [3.05, 3.63) is 93.5 Å². The summed E-state index contributed by atoms with van der Waals surface area (Å²) >= 11 is 0. The van der Waals surface area contributed by atoms with Crippen molar-refractivity contribution >= 4 is 25.6 Å². The van der Waals surface area contributed by atoms with Gasteiger partial charge in [-0.1, -0.05) is 101 Å². The molecule has 0 radical (unpaired) electrons. The number of rotatable bonds is 3. The standard InChI is InChI=1S/C29H36Si2/c1-21-17-23(3)28(24(4)18-21)31(30(7,8)9,16-15-27-13-11-10-12-14-27)29-25(5)19-22(2)20-26(29)6/h10-14,17-20H,1-9H3. The predicted octanol–water partition coefficient (Wildman–Crippen LogP) is 6.11. The Hall–Kier alpha value is -2.35. The molecule has 31 heavy (non-hydrogen) atoms. The molecule has 3 aromatic carbocycles. The minimum atomic E-state index is -2.38. The topological polar surface area (TPSA) is 0 Å². The third-order valence-electron chi connectivity index (χ3n) is 6.40. The highest BCUT2D eigenvalue weighted by molar-refractivity contribution is 7.54. The molecular weight excluding hydrogens is 404 g/mol. The van der Waals surface area contributed by atoms with Crippen LogP contribution in [0.15, 0.2) is 54.6 Å². The minimum Gasteiger partial charge on any atom is -0.118 e. The summed E-state index contributed by atoms with van der Waals surface area (Å²) in [5, 5.41) is 3.10. The van der Waals surface area contributed by atoms with Gasteiger partial charge in [-0.05, 0) is 64.0 Å². The Morgan fingerprint density at radius 2 is 0.968 bits per heavy atom. The molecule has 0 atom stereocenters. The first kappa shape index (κ1) is 23.3. The van der Waals surface area contributed by atoms with E-state index in [1.807, 2.05) is 0 Å². The van der Waals surface area contributed by atoms with Crippen LogP contribution in [0.1, 0.15) is 38.9 Å². The molecule has 0 fully saturated rings. The van der Waals surface area contributed by atoms with E-state index in [2.05, 4.69) is 127 Å². The number of hydrogen-bond acceptors (Lipinski definition) is 0. The third kappa shape index (κ3) is 4.35. The van der Waals surface area contributed by atoms with Crippen LogP contribution in [0.3, 0.4) is 0 Å². The van der Waals surface area contributed by atoms with Gasteiger partial charge in [0.15, 0.2) is 7.59 Å². The van der Waals surface area contributed by atoms with Crippen LogP contribution in [0.2, 0.25) is 19.6 Å². The molecule has 3 rings (SSSR count). The summed E-state index contributed by atoms with van der Waals surface area (Å²) in [6, 6.07) is 20.0. The molecule has 0 amide bonds. The normalized spacial score (nSPS) is 11.8. The van der Waals surface area contributed by atoms with E-state index in [-0.39, 0.29) is 0 Å². The predicted molar refractivity (Wildman–Crippen MR) is 143 cm³/mol. The van der Waals surface area contributed by atoms with Crippen LogP contribution in [-0.4, -0.2) is 15.2 Å². The van der Waals surface area contributed by atoms with Gasteiger partial charge in [-0.25, -0.2) is 0 Å². The molecule has 0 aliphatic heterocycles. The number of hydrogen-bond donors (Lipinski definition) is 0. The van der Waals surface area contributed by atoms with Gasteiger partial charge in [0.1, 0.15) is 0 Å². The fraction of sp³-hybridized carbons (Fsp3) is 0.310. The Bertz CT molecular complexity index is 1070. The van der Waals surface area contributed by atoms with Gasteiger partial charge in [0, 0.05) is 5.56 Å². The molecule has 3 aromatic rings. The number of aryl methyl sites for hydroxylation is 6. The van der Waals surface area contributed by atoms with E-state index in [1.165, 1.54) is 33.4 Å². The van der Waals surface area contributed by atoms with Crippen molar-refractivity contribution in [3.8, 4) is 11.5 Å². The Morgan fingerprint density at radius 1 is 0.581 bits per heavy atom. The minimum absolute atomic E-state index is 1.11. The zero-order valence-corrected chi connectivity index (χ0v) is 22.7. The zero-order valence-electron chi connectivity index (χ0n) is 20.7. The SMILES string of the molecule is Cc1cc(C)c([Si](C#Cc2ccccc2)(c2c(C)cc(C)cc2C)[Si](C)(C)C)c(C)c1. The first-order valence-corrected chi connectivity index (χ1v) is 17.7. The van der Waals surface area contributed by atoms with Crippen molar-refractivity contribution in [1.82, 2.24) is 0 Å². The van der Waals surface area contributed by atoms with Crippen LogP contribution in [0, 0.1) is 53.0 Å². The van der Waals surface area contributed by atoms with Crippen LogP contribution in [0.4, 0.5) is 0 Å². The molecule has 0 bridgehead atoms. The molecule has 2 heteroatoms. The van der Waals surface area contributed by atoms with Gasteiger partial charge in [-0.3, -0.25) is 0 Å². The molecule has 0 heterocycles. The van der Waals surface area contributed by atoms with Gasteiger partial charge in [0.25, 0.3) is 0 Å². The maximum Gasteiger partial charge on any atom is 0.189 e. The highest BCUT2D eigenvalue weighted by Gasteiger charge is 2.51. The quantitative estimate of drug-likeness (QED) is 0.340. The van der Waals surface area contributed by atoms with E-state index in [4.69, 9.17) is 0 Å².